The second kappa shape index (κ2) is 6.86. The quantitative estimate of drug-likeness (QED) is 0.680. The predicted molar refractivity (Wildman–Crippen MR) is 53.3 cm³/mol. The first-order valence-electron chi connectivity index (χ1n) is 4.34. The monoisotopic (exact) mass is 166 g/mol. The van der Waals surface area contributed by atoms with Gasteiger partial charge >= 0.3 is 0 Å². The molecule has 0 aromatic heterocycles. The Balaban J connectivity index is 0.000000261. The summed E-state index contributed by atoms with van der Waals surface area (Å²) in [6.45, 7) is 6.44. The first kappa shape index (κ1) is 11.2. The van der Waals surface area contributed by atoms with Crippen molar-refractivity contribution < 1.29 is 5.11 Å². The number of aliphatic hydroxyl groups is 1. The normalized spacial score (nSPS) is 8.67. The molecule has 0 unspecified atom stereocenters. The third-order valence-corrected chi connectivity index (χ3v) is 1.44. The Morgan fingerprint density at radius 1 is 1.00 bits per heavy atom. The Morgan fingerprint density at radius 3 is 1.42 bits per heavy atom. The summed E-state index contributed by atoms with van der Waals surface area (Å²) in [5.74, 6) is 0. The number of aryl methyl sites for hydroxylation is 2. The van der Waals surface area contributed by atoms with Crippen LogP contribution in [-0.2, 0) is 0 Å². The minimum absolute atomic E-state index is 0.319. The highest BCUT2D eigenvalue weighted by molar-refractivity contribution is 5.19. The van der Waals surface area contributed by atoms with Gasteiger partial charge in [0.2, 0.25) is 0 Å². The van der Waals surface area contributed by atoms with Gasteiger partial charge in [0, 0.05) is 6.61 Å². The van der Waals surface area contributed by atoms with Gasteiger partial charge < -0.3 is 5.11 Å². The summed E-state index contributed by atoms with van der Waals surface area (Å²) in [4.78, 5) is 0. The Morgan fingerprint density at radius 2 is 1.25 bits per heavy atom. The number of hydrogen-bond donors (Lipinski definition) is 1. The zero-order valence-electron chi connectivity index (χ0n) is 8.17. The van der Waals surface area contributed by atoms with E-state index in [0.717, 1.165) is 6.42 Å². The Labute approximate surface area is 75.1 Å². The van der Waals surface area contributed by atoms with Crippen LogP contribution in [0.2, 0.25) is 0 Å². The number of hydrogen-bond acceptors (Lipinski definition) is 1. The average molecular weight is 166 g/mol. The van der Waals surface area contributed by atoms with Crippen molar-refractivity contribution in [1.82, 2.24) is 0 Å². The van der Waals surface area contributed by atoms with Crippen molar-refractivity contribution in [1.29, 1.82) is 0 Å². The van der Waals surface area contributed by atoms with Crippen LogP contribution >= 0.6 is 0 Å². The van der Waals surface area contributed by atoms with Gasteiger partial charge in [0.05, 0.1) is 0 Å². The summed E-state index contributed by atoms with van der Waals surface area (Å²) >= 11 is 0. The van der Waals surface area contributed by atoms with E-state index < -0.39 is 0 Å². The second-order valence-corrected chi connectivity index (χ2v) is 2.88. The summed E-state index contributed by atoms with van der Waals surface area (Å²) < 4.78 is 0. The molecule has 0 aliphatic heterocycles. The molecular formula is C11H18O. The number of benzene rings is 1. The van der Waals surface area contributed by atoms with Gasteiger partial charge in [0.15, 0.2) is 0 Å². The van der Waals surface area contributed by atoms with Gasteiger partial charge in [-0.05, 0) is 20.3 Å². The van der Waals surface area contributed by atoms with Crippen LogP contribution in [0.15, 0.2) is 24.3 Å². The zero-order chi connectivity index (χ0) is 9.40. The van der Waals surface area contributed by atoms with E-state index in [1.54, 1.807) is 0 Å². The van der Waals surface area contributed by atoms with Gasteiger partial charge in [-0.25, -0.2) is 0 Å². The van der Waals surface area contributed by atoms with Gasteiger partial charge in [-0.2, -0.15) is 0 Å². The van der Waals surface area contributed by atoms with Crippen molar-refractivity contribution in [2.75, 3.05) is 6.61 Å². The third-order valence-electron chi connectivity index (χ3n) is 1.44. The summed E-state index contributed by atoms with van der Waals surface area (Å²) in [5.41, 5.74) is 2.66. The van der Waals surface area contributed by atoms with Crippen LogP contribution in [0.5, 0.6) is 0 Å². The molecule has 1 aromatic rings. The van der Waals surface area contributed by atoms with E-state index in [-0.39, 0.29) is 0 Å². The summed E-state index contributed by atoms with van der Waals surface area (Å²) in [6.07, 6.45) is 0.875. The molecule has 0 bridgehead atoms. The van der Waals surface area contributed by atoms with E-state index in [1.807, 2.05) is 6.92 Å². The van der Waals surface area contributed by atoms with Crippen molar-refractivity contribution in [3.05, 3.63) is 35.4 Å². The zero-order valence-corrected chi connectivity index (χ0v) is 8.17. The topological polar surface area (TPSA) is 20.2 Å². The van der Waals surface area contributed by atoms with E-state index >= 15 is 0 Å². The maximum atomic E-state index is 7.88. The molecule has 0 atom stereocenters. The van der Waals surface area contributed by atoms with E-state index in [0.29, 0.717) is 6.61 Å². The predicted octanol–water partition coefficient (Wildman–Crippen LogP) is 2.69. The number of aliphatic hydroxyl groups excluding tert-OH is 1. The molecule has 0 spiro atoms. The molecule has 12 heavy (non-hydrogen) atoms. The molecule has 1 heteroatoms. The highest BCUT2D eigenvalue weighted by atomic mass is 16.2. The van der Waals surface area contributed by atoms with Crippen LogP contribution < -0.4 is 0 Å². The molecule has 0 aliphatic rings. The third kappa shape index (κ3) is 5.93. The molecule has 0 saturated heterocycles. The molecule has 1 N–H and O–H groups in total. The molecule has 1 aromatic carbocycles. The van der Waals surface area contributed by atoms with Crippen molar-refractivity contribution >= 4 is 0 Å². The largest absolute Gasteiger partial charge is 0.396 e. The van der Waals surface area contributed by atoms with Crippen LogP contribution in [0.1, 0.15) is 24.5 Å². The van der Waals surface area contributed by atoms with Gasteiger partial charge in [0.1, 0.15) is 0 Å². The maximum absolute atomic E-state index is 7.88. The SMILES string of the molecule is CCCO.Cc1ccc(C)cc1. The van der Waals surface area contributed by atoms with E-state index in [2.05, 4.69) is 38.1 Å². The van der Waals surface area contributed by atoms with Crippen LogP contribution in [0, 0.1) is 13.8 Å². The van der Waals surface area contributed by atoms with Crippen molar-refractivity contribution in [2.45, 2.75) is 27.2 Å². The Kier molecular flexibility index (Phi) is 6.39. The summed E-state index contributed by atoms with van der Waals surface area (Å²) in [6, 6.07) is 8.48. The van der Waals surface area contributed by atoms with Crippen molar-refractivity contribution in [2.24, 2.45) is 0 Å². The Bertz CT molecular complexity index is 166. The summed E-state index contributed by atoms with van der Waals surface area (Å²) in [7, 11) is 0. The first-order chi connectivity index (χ1) is 5.70. The minimum atomic E-state index is 0.319. The molecule has 1 rings (SSSR count). The van der Waals surface area contributed by atoms with Crippen molar-refractivity contribution in [3.63, 3.8) is 0 Å². The van der Waals surface area contributed by atoms with Crippen LogP contribution in [0.25, 0.3) is 0 Å². The van der Waals surface area contributed by atoms with Gasteiger partial charge in [-0.1, -0.05) is 42.3 Å². The van der Waals surface area contributed by atoms with Gasteiger partial charge in [-0.3, -0.25) is 0 Å². The molecule has 0 saturated carbocycles. The highest BCUT2D eigenvalue weighted by Crippen LogP contribution is 1.99. The van der Waals surface area contributed by atoms with Gasteiger partial charge in [-0.15, -0.1) is 0 Å². The lowest BCUT2D eigenvalue weighted by atomic mass is 10.2. The molecule has 0 aliphatic carbocycles. The fourth-order valence-corrected chi connectivity index (χ4v) is 0.637. The minimum Gasteiger partial charge on any atom is -0.396 e. The van der Waals surface area contributed by atoms with E-state index in [1.165, 1.54) is 11.1 Å². The fourth-order valence-electron chi connectivity index (χ4n) is 0.637. The van der Waals surface area contributed by atoms with Crippen molar-refractivity contribution in [3.8, 4) is 0 Å². The van der Waals surface area contributed by atoms with Crippen LogP contribution in [-0.4, -0.2) is 11.7 Å². The van der Waals surface area contributed by atoms with Crippen LogP contribution in [0.4, 0.5) is 0 Å². The maximum Gasteiger partial charge on any atom is 0.0428 e. The van der Waals surface area contributed by atoms with Gasteiger partial charge in [0.25, 0.3) is 0 Å². The molecule has 0 heterocycles. The molecular weight excluding hydrogens is 148 g/mol. The molecule has 68 valence electrons. The summed E-state index contributed by atoms with van der Waals surface area (Å²) in [5, 5.41) is 7.88. The lowest BCUT2D eigenvalue weighted by Crippen LogP contribution is -1.70. The highest BCUT2D eigenvalue weighted by Gasteiger charge is 1.79. The molecule has 0 radical (unpaired) electrons. The standard InChI is InChI=1S/C8H10.C3H8O/c1-7-3-5-8(2)6-4-7;1-2-3-4/h3-6H,1-2H3;4H,2-3H2,1H3. The Hall–Kier alpha value is -0.820. The molecule has 1 nitrogen and oxygen atoms in total. The lowest BCUT2D eigenvalue weighted by molar-refractivity contribution is 0.295. The molecule has 0 fully saturated rings. The first-order valence-corrected chi connectivity index (χ1v) is 4.34. The van der Waals surface area contributed by atoms with E-state index in [4.69, 9.17) is 5.11 Å². The van der Waals surface area contributed by atoms with Crippen LogP contribution in [0.3, 0.4) is 0 Å². The number of rotatable bonds is 1. The van der Waals surface area contributed by atoms with E-state index in [9.17, 15) is 0 Å². The smallest absolute Gasteiger partial charge is 0.0428 e. The fraction of sp³-hybridized carbons (Fsp3) is 0.455. The lowest BCUT2D eigenvalue weighted by Gasteiger charge is -1.90. The molecule has 0 amide bonds. The second-order valence-electron chi connectivity index (χ2n) is 2.88. The average Bonchev–Trinajstić information content (AvgIpc) is 2.11.